The van der Waals surface area contributed by atoms with E-state index >= 15 is 0 Å². The summed E-state index contributed by atoms with van der Waals surface area (Å²) in [4.78, 5) is 19.4. The zero-order valence-corrected chi connectivity index (χ0v) is 12.1. The lowest BCUT2D eigenvalue weighted by Gasteiger charge is -2.30. The van der Waals surface area contributed by atoms with Gasteiger partial charge in [0.2, 0.25) is 0 Å². The molecule has 1 unspecified atom stereocenters. The van der Waals surface area contributed by atoms with E-state index in [4.69, 9.17) is 5.11 Å². The number of carboxylic acids is 1. The standard InChI is InChI=1S/C13H19N5O2/c1-13(2,3)9(5-10(19)20)17-11-8-6-16-18(4)12(8)15-7-14-11/h6-7,9H,5H2,1-4H3,(H,19,20)(H,14,15,17). The normalized spacial score (nSPS) is 13.4. The predicted molar refractivity (Wildman–Crippen MR) is 75.4 cm³/mol. The molecule has 0 amide bonds. The van der Waals surface area contributed by atoms with Crippen molar-refractivity contribution in [3.8, 4) is 0 Å². The van der Waals surface area contributed by atoms with Gasteiger partial charge in [0, 0.05) is 13.1 Å². The van der Waals surface area contributed by atoms with Crippen LogP contribution in [0.1, 0.15) is 27.2 Å². The van der Waals surface area contributed by atoms with Gasteiger partial charge < -0.3 is 10.4 Å². The van der Waals surface area contributed by atoms with E-state index in [1.807, 2.05) is 20.8 Å². The topological polar surface area (TPSA) is 92.9 Å². The summed E-state index contributed by atoms with van der Waals surface area (Å²) >= 11 is 0. The summed E-state index contributed by atoms with van der Waals surface area (Å²) in [5.74, 6) is -0.224. The number of rotatable bonds is 4. The molecule has 0 fully saturated rings. The van der Waals surface area contributed by atoms with Crippen LogP contribution in [0.4, 0.5) is 5.82 Å². The average molecular weight is 277 g/mol. The second kappa shape index (κ2) is 5.07. The van der Waals surface area contributed by atoms with Crippen LogP contribution < -0.4 is 5.32 Å². The van der Waals surface area contributed by atoms with Gasteiger partial charge in [0.15, 0.2) is 5.65 Å². The Kier molecular flexibility index (Phi) is 3.61. The minimum absolute atomic E-state index is 0.0231. The Morgan fingerprint density at radius 2 is 2.15 bits per heavy atom. The maximum atomic E-state index is 11.0. The summed E-state index contributed by atoms with van der Waals surface area (Å²) in [6.45, 7) is 5.99. The van der Waals surface area contributed by atoms with Gasteiger partial charge in [0.1, 0.15) is 12.1 Å². The van der Waals surface area contributed by atoms with Gasteiger partial charge >= 0.3 is 5.97 Å². The van der Waals surface area contributed by atoms with E-state index in [-0.39, 0.29) is 17.9 Å². The molecule has 0 aliphatic carbocycles. The number of hydrogen-bond acceptors (Lipinski definition) is 5. The van der Waals surface area contributed by atoms with E-state index < -0.39 is 5.97 Å². The summed E-state index contributed by atoms with van der Waals surface area (Å²) in [6.07, 6.45) is 3.15. The van der Waals surface area contributed by atoms with Crippen molar-refractivity contribution in [1.82, 2.24) is 19.7 Å². The van der Waals surface area contributed by atoms with Gasteiger partial charge in [-0.05, 0) is 5.41 Å². The summed E-state index contributed by atoms with van der Waals surface area (Å²) < 4.78 is 1.66. The lowest BCUT2D eigenvalue weighted by atomic mass is 9.84. The monoisotopic (exact) mass is 277 g/mol. The van der Waals surface area contributed by atoms with Crippen molar-refractivity contribution >= 4 is 22.8 Å². The van der Waals surface area contributed by atoms with Gasteiger partial charge in [-0.15, -0.1) is 0 Å². The molecular formula is C13H19N5O2. The van der Waals surface area contributed by atoms with Crippen LogP contribution in [0.15, 0.2) is 12.5 Å². The Morgan fingerprint density at radius 3 is 2.75 bits per heavy atom. The molecule has 0 saturated carbocycles. The first kappa shape index (κ1) is 14.2. The Morgan fingerprint density at radius 1 is 1.45 bits per heavy atom. The molecule has 0 spiro atoms. The molecule has 0 saturated heterocycles. The first-order valence-electron chi connectivity index (χ1n) is 6.40. The molecule has 7 heteroatoms. The van der Waals surface area contributed by atoms with Gasteiger partial charge in [0.25, 0.3) is 0 Å². The number of aromatic nitrogens is 4. The Labute approximate surface area is 117 Å². The summed E-state index contributed by atoms with van der Waals surface area (Å²) in [6, 6.07) is -0.238. The third-order valence-electron chi connectivity index (χ3n) is 3.26. The lowest BCUT2D eigenvalue weighted by Crippen LogP contribution is -2.36. The second-order valence-corrected chi connectivity index (χ2v) is 5.89. The van der Waals surface area contributed by atoms with Crippen LogP contribution >= 0.6 is 0 Å². The number of fused-ring (bicyclic) bond motifs is 1. The van der Waals surface area contributed by atoms with E-state index in [1.165, 1.54) is 6.33 Å². The zero-order valence-electron chi connectivity index (χ0n) is 12.1. The summed E-state index contributed by atoms with van der Waals surface area (Å²) in [5, 5.41) is 17.2. The molecule has 2 rings (SSSR count). The fraction of sp³-hybridized carbons (Fsp3) is 0.538. The molecule has 0 aliphatic heterocycles. The fourth-order valence-electron chi connectivity index (χ4n) is 1.99. The van der Waals surface area contributed by atoms with Crippen LogP contribution in [0.5, 0.6) is 0 Å². The van der Waals surface area contributed by atoms with E-state index in [0.717, 1.165) is 5.39 Å². The molecule has 2 aromatic heterocycles. The van der Waals surface area contributed by atoms with Crippen LogP contribution in [0, 0.1) is 5.41 Å². The quantitative estimate of drug-likeness (QED) is 0.883. The highest BCUT2D eigenvalue weighted by molar-refractivity contribution is 5.86. The number of aryl methyl sites for hydroxylation is 1. The number of nitrogens with one attached hydrogen (secondary N) is 1. The number of aliphatic carboxylic acids is 1. The van der Waals surface area contributed by atoms with E-state index in [0.29, 0.717) is 11.5 Å². The SMILES string of the molecule is Cn1ncc2c(NC(CC(=O)O)C(C)(C)C)ncnc21. The molecule has 1 atom stereocenters. The Bertz CT molecular complexity index is 629. The molecule has 20 heavy (non-hydrogen) atoms. The molecule has 0 bridgehead atoms. The number of nitrogens with zero attached hydrogens (tertiary/aromatic N) is 4. The molecule has 2 aromatic rings. The zero-order chi connectivity index (χ0) is 14.9. The highest BCUT2D eigenvalue weighted by atomic mass is 16.4. The molecule has 2 heterocycles. The Balaban J connectivity index is 2.35. The number of anilines is 1. The third-order valence-corrected chi connectivity index (χ3v) is 3.26. The maximum Gasteiger partial charge on any atom is 0.305 e. The van der Waals surface area contributed by atoms with Crippen molar-refractivity contribution in [2.45, 2.75) is 33.2 Å². The van der Waals surface area contributed by atoms with E-state index in [9.17, 15) is 4.79 Å². The number of carboxylic acid groups (broad SMARTS) is 1. The van der Waals surface area contributed by atoms with Gasteiger partial charge in [-0.3, -0.25) is 9.48 Å². The van der Waals surface area contributed by atoms with Crippen molar-refractivity contribution in [1.29, 1.82) is 0 Å². The smallest absolute Gasteiger partial charge is 0.305 e. The average Bonchev–Trinajstić information content (AvgIpc) is 2.70. The van der Waals surface area contributed by atoms with Gasteiger partial charge in [-0.25, -0.2) is 9.97 Å². The summed E-state index contributed by atoms with van der Waals surface area (Å²) in [7, 11) is 1.80. The van der Waals surface area contributed by atoms with Crippen molar-refractivity contribution < 1.29 is 9.90 Å². The Hall–Kier alpha value is -2.18. The molecular weight excluding hydrogens is 258 g/mol. The van der Waals surface area contributed by atoms with Gasteiger partial charge in [-0.2, -0.15) is 5.10 Å². The van der Waals surface area contributed by atoms with Crippen LogP contribution in [0.2, 0.25) is 0 Å². The van der Waals surface area contributed by atoms with Gasteiger partial charge in [0.05, 0.1) is 18.0 Å². The minimum Gasteiger partial charge on any atom is -0.481 e. The highest BCUT2D eigenvalue weighted by Gasteiger charge is 2.28. The molecule has 108 valence electrons. The summed E-state index contributed by atoms with van der Waals surface area (Å²) in [5.41, 5.74) is 0.503. The third kappa shape index (κ3) is 2.87. The van der Waals surface area contributed by atoms with Crippen molar-refractivity contribution in [2.75, 3.05) is 5.32 Å². The van der Waals surface area contributed by atoms with Crippen molar-refractivity contribution in [3.05, 3.63) is 12.5 Å². The molecule has 7 nitrogen and oxygen atoms in total. The highest BCUT2D eigenvalue weighted by Crippen LogP contribution is 2.27. The minimum atomic E-state index is -0.839. The van der Waals surface area contributed by atoms with Crippen LogP contribution in [-0.2, 0) is 11.8 Å². The van der Waals surface area contributed by atoms with Crippen molar-refractivity contribution in [2.24, 2.45) is 12.5 Å². The fourth-order valence-corrected chi connectivity index (χ4v) is 1.99. The van der Waals surface area contributed by atoms with E-state index in [2.05, 4.69) is 20.4 Å². The molecule has 0 radical (unpaired) electrons. The maximum absolute atomic E-state index is 11.0. The second-order valence-electron chi connectivity index (χ2n) is 5.89. The van der Waals surface area contributed by atoms with E-state index in [1.54, 1.807) is 17.9 Å². The number of hydrogen-bond donors (Lipinski definition) is 2. The first-order valence-corrected chi connectivity index (χ1v) is 6.40. The molecule has 2 N–H and O–H groups in total. The molecule has 0 aliphatic rings. The first-order chi connectivity index (χ1) is 9.29. The predicted octanol–water partition coefficient (Wildman–Crippen LogP) is 1.66. The van der Waals surface area contributed by atoms with Crippen LogP contribution in [0.25, 0.3) is 11.0 Å². The molecule has 0 aromatic carbocycles. The largest absolute Gasteiger partial charge is 0.481 e. The number of carbonyl (C=O) groups is 1. The van der Waals surface area contributed by atoms with Crippen molar-refractivity contribution in [3.63, 3.8) is 0 Å². The van der Waals surface area contributed by atoms with Crippen LogP contribution in [-0.4, -0.2) is 36.9 Å². The van der Waals surface area contributed by atoms with Crippen LogP contribution in [0.3, 0.4) is 0 Å². The van der Waals surface area contributed by atoms with Gasteiger partial charge in [-0.1, -0.05) is 20.8 Å². The lowest BCUT2D eigenvalue weighted by molar-refractivity contribution is -0.137.